The first kappa shape index (κ1) is 15.8. The second-order valence-electron chi connectivity index (χ2n) is 4.06. The van der Waals surface area contributed by atoms with E-state index in [9.17, 15) is 9.59 Å². The maximum Gasteiger partial charge on any atom is 0.337 e. The number of nitrogens with one attached hydrogen (secondary N) is 1. The van der Waals surface area contributed by atoms with Crippen molar-refractivity contribution in [2.24, 2.45) is 0 Å². The fourth-order valence-corrected chi connectivity index (χ4v) is 2.42. The number of carboxylic acids is 1. The zero-order valence-corrected chi connectivity index (χ0v) is 13.5. The van der Waals surface area contributed by atoms with Crippen molar-refractivity contribution in [2.75, 3.05) is 5.32 Å². The van der Waals surface area contributed by atoms with Crippen LogP contribution in [0.3, 0.4) is 0 Å². The van der Waals surface area contributed by atoms with Crippen LogP contribution in [0.4, 0.5) is 5.69 Å². The number of amides is 1. The number of benzene rings is 2. The van der Waals surface area contributed by atoms with Crippen LogP contribution in [0.2, 0.25) is 10.0 Å². The summed E-state index contributed by atoms with van der Waals surface area (Å²) in [7, 11) is 0. The van der Waals surface area contributed by atoms with Gasteiger partial charge in [-0.1, -0.05) is 29.3 Å². The molecule has 0 aliphatic carbocycles. The van der Waals surface area contributed by atoms with Crippen LogP contribution in [0.25, 0.3) is 0 Å². The Hall–Kier alpha value is -1.56. The average molecular weight is 389 g/mol. The van der Waals surface area contributed by atoms with Crippen molar-refractivity contribution in [1.82, 2.24) is 0 Å². The van der Waals surface area contributed by atoms with Crippen molar-refractivity contribution < 1.29 is 14.7 Å². The molecule has 0 fully saturated rings. The first-order chi connectivity index (χ1) is 9.90. The van der Waals surface area contributed by atoms with E-state index in [1.807, 2.05) is 0 Å². The van der Waals surface area contributed by atoms with Crippen molar-refractivity contribution >= 4 is 56.7 Å². The van der Waals surface area contributed by atoms with Crippen LogP contribution >= 0.6 is 39.1 Å². The van der Waals surface area contributed by atoms with Gasteiger partial charge in [-0.05, 0) is 46.3 Å². The summed E-state index contributed by atoms with van der Waals surface area (Å²) in [5.74, 6) is -1.61. The molecule has 2 rings (SSSR count). The Bertz CT molecular complexity index is 734. The zero-order chi connectivity index (χ0) is 15.6. The molecule has 0 aliphatic heterocycles. The summed E-state index contributed by atoms with van der Waals surface area (Å²) in [6, 6.07) is 9.16. The molecule has 0 unspecified atom stereocenters. The fourth-order valence-electron chi connectivity index (χ4n) is 1.64. The highest BCUT2D eigenvalue weighted by Gasteiger charge is 2.14. The van der Waals surface area contributed by atoms with Gasteiger partial charge in [0, 0.05) is 10.2 Å². The molecule has 0 saturated carbocycles. The topological polar surface area (TPSA) is 66.4 Å². The first-order valence-electron chi connectivity index (χ1n) is 5.68. The maximum atomic E-state index is 12.2. The Morgan fingerprint density at radius 1 is 1.10 bits per heavy atom. The van der Waals surface area contributed by atoms with E-state index in [1.54, 1.807) is 18.2 Å². The lowest BCUT2D eigenvalue weighted by atomic mass is 10.1. The van der Waals surface area contributed by atoms with E-state index in [1.165, 1.54) is 18.2 Å². The number of carbonyl (C=O) groups excluding carboxylic acids is 1. The molecule has 7 heteroatoms. The van der Waals surface area contributed by atoms with E-state index in [0.717, 1.165) is 0 Å². The molecule has 108 valence electrons. The van der Waals surface area contributed by atoms with Gasteiger partial charge in [0.25, 0.3) is 5.91 Å². The molecular formula is C14H8BrCl2NO3. The number of rotatable bonds is 3. The summed E-state index contributed by atoms with van der Waals surface area (Å²) in [5, 5.41) is 12.0. The normalized spacial score (nSPS) is 10.2. The molecule has 2 aromatic carbocycles. The van der Waals surface area contributed by atoms with E-state index in [4.69, 9.17) is 28.3 Å². The molecule has 0 spiro atoms. The number of carbonyl (C=O) groups is 2. The minimum absolute atomic E-state index is 0.0881. The van der Waals surface area contributed by atoms with Crippen LogP contribution in [0, 0.1) is 0 Å². The lowest BCUT2D eigenvalue weighted by Crippen LogP contribution is -2.13. The van der Waals surface area contributed by atoms with E-state index in [-0.39, 0.29) is 21.2 Å². The average Bonchev–Trinajstić information content (AvgIpc) is 2.43. The molecule has 0 saturated heterocycles. The standard InChI is InChI=1S/C14H8BrCl2NO3/c15-10-3-1-2-8(12(10)17)13(19)18-7-4-5-11(16)9(6-7)14(20)21/h1-6H,(H,18,19)(H,20,21). The number of halogens is 3. The summed E-state index contributed by atoms with van der Waals surface area (Å²) in [6.07, 6.45) is 0. The summed E-state index contributed by atoms with van der Waals surface area (Å²) in [6.45, 7) is 0. The number of hydrogen-bond acceptors (Lipinski definition) is 2. The molecule has 0 radical (unpaired) electrons. The molecule has 21 heavy (non-hydrogen) atoms. The van der Waals surface area contributed by atoms with Crippen LogP contribution in [-0.2, 0) is 0 Å². The third kappa shape index (κ3) is 3.56. The molecule has 0 bridgehead atoms. The first-order valence-corrected chi connectivity index (χ1v) is 7.23. The third-order valence-electron chi connectivity index (χ3n) is 2.65. The highest BCUT2D eigenvalue weighted by atomic mass is 79.9. The molecule has 1 amide bonds. The minimum atomic E-state index is -1.17. The quantitative estimate of drug-likeness (QED) is 0.800. The smallest absolute Gasteiger partial charge is 0.337 e. The summed E-state index contributed by atoms with van der Waals surface area (Å²) >= 11 is 15.0. The van der Waals surface area contributed by atoms with Gasteiger partial charge in [0.05, 0.1) is 21.2 Å². The molecule has 0 heterocycles. The Balaban J connectivity index is 2.30. The molecule has 0 atom stereocenters. The monoisotopic (exact) mass is 387 g/mol. The predicted octanol–water partition coefficient (Wildman–Crippen LogP) is 4.71. The van der Waals surface area contributed by atoms with E-state index in [2.05, 4.69) is 21.2 Å². The lowest BCUT2D eigenvalue weighted by Gasteiger charge is -2.09. The van der Waals surface area contributed by atoms with Gasteiger partial charge in [-0.3, -0.25) is 4.79 Å². The number of hydrogen-bond donors (Lipinski definition) is 2. The molecule has 4 nitrogen and oxygen atoms in total. The molecule has 2 N–H and O–H groups in total. The van der Waals surface area contributed by atoms with Gasteiger partial charge in [0.1, 0.15) is 0 Å². The second-order valence-corrected chi connectivity index (χ2v) is 5.69. The Kier molecular flexibility index (Phi) is 4.88. The van der Waals surface area contributed by atoms with Gasteiger partial charge in [0.15, 0.2) is 0 Å². The van der Waals surface area contributed by atoms with Crippen molar-refractivity contribution in [1.29, 1.82) is 0 Å². The van der Waals surface area contributed by atoms with Crippen LogP contribution < -0.4 is 5.32 Å². The highest BCUT2D eigenvalue weighted by Crippen LogP contribution is 2.27. The number of anilines is 1. The van der Waals surface area contributed by atoms with E-state index < -0.39 is 11.9 Å². The summed E-state index contributed by atoms with van der Waals surface area (Å²) in [4.78, 5) is 23.2. The van der Waals surface area contributed by atoms with Gasteiger partial charge in [0.2, 0.25) is 0 Å². The second kappa shape index (κ2) is 6.47. The largest absolute Gasteiger partial charge is 0.478 e. The Morgan fingerprint density at radius 2 is 1.81 bits per heavy atom. The van der Waals surface area contributed by atoms with Crippen LogP contribution in [-0.4, -0.2) is 17.0 Å². The molecule has 2 aromatic rings. The zero-order valence-electron chi connectivity index (χ0n) is 10.4. The van der Waals surface area contributed by atoms with Crippen LogP contribution in [0.15, 0.2) is 40.9 Å². The molecule has 0 aliphatic rings. The van der Waals surface area contributed by atoms with E-state index >= 15 is 0 Å². The van der Waals surface area contributed by atoms with Gasteiger partial charge < -0.3 is 10.4 Å². The number of carboxylic acid groups (broad SMARTS) is 1. The van der Waals surface area contributed by atoms with Crippen molar-refractivity contribution in [3.63, 3.8) is 0 Å². The van der Waals surface area contributed by atoms with Crippen LogP contribution in [0.5, 0.6) is 0 Å². The molecular weight excluding hydrogens is 381 g/mol. The van der Waals surface area contributed by atoms with Gasteiger partial charge in [-0.2, -0.15) is 0 Å². The van der Waals surface area contributed by atoms with Crippen molar-refractivity contribution in [3.05, 3.63) is 62.0 Å². The highest BCUT2D eigenvalue weighted by molar-refractivity contribution is 9.10. The summed E-state index contributed by atoms with van der Waals surface area (Å²) in [5.41, 5.74) is 0.505. The third-order valence-corrected chi connectivity index (χ3v) is 4.28. The fraction of sp³-hybridized carbons (Fsp3) is 0. The van der Waals surface area contributed by atoms with Crippen LogP contribution in [0.1, 0.15) is 20.7 Å². The van der Waals surface area contributed by atoms with E-state index in [0.29, 0.717) is 10.2 Å². The lowest BCUT2D eigenvalue weighted by molar-refractivity contribution is 0.0696. The number of aromatic carboxylic acids is 1. The predicted molar refractivity (Wildman–Crippen MR) is 85.5 cm³/mol. The Labute approximate surface area is 138 Å². The van der Waals surface area contributed by atoms with Gasteiger partial charge in [-0.15, -0.1) is 0 Å². The Morgan fingerprint density at radius 3 is 2.48 bits per heavy atom. The van der Waals surface area contributed by atoms with Crippen molar-refractivity contribution in [2.45, 2.75) is 0 Å². The SMILES string of the molecule is O=C(O)c1cc(NC(=O)c2cccc(Br)c2Cl)ccc1Cl. The molecule has 0 aromatic heterocycles. The van der Waals surface area contributed by atoms with Gasteiger partial charge >= 0.3 is 5.97 Å². The maximum absolute atomic E-state index is 12.2. The summed E-state index contributed by atoms with van der Waals surface area (Å²) < 4.78 is 0.596. The van der Waals surface area contributed by atoms with Crippen molar-refractivity contribution in [3.8, 4) is 0 Å². The van der Waals surface area contributed by atoms with Gasteiger partial charge in [-0.25, -0.2) is 4.79 Å². The minimum Gasteiger partial charge on any atom is -0.478 e.